The van der Waals surface area contributed by atoms with Gasteiger partial charge in [-0.2, -0.15) is 0 Å². The number of rotatable bonds is 8. The maximum atomic E-state index is 13.0. The molecule has 0 saturated carbocycles. The van der Waals surface area contributed by atoms with Crippen LogP contribution in [0.15, 0.2) is 90.1 Å². The molecule has 0 fully saturated rings. The fourth-order valence-electron chi connectivity index (χ4n) is 3.33. The Morgan fingerprint density at radius 3 is 2.40 bits per heavy atom. The van der Waals surface area contributed by atoms with E-state index in [0.29, 0.717) is 34.3 Å². The molecule has 3 aromatic carbocycles. The van der Waals surface area contributed by atoms with E-state index in [4.69, 9.17) is 4.74 Å². The van der Waals surface area contributed by atoms with Gasteiger partial charge in [0.1, 0.15) is 17.9 Å². The second-order valence-electron chi connectivity index (χ2n) is 7.51. The van der Waals surface area contributed by atoms with E-state index >= 15 is 0 Å². The highest BCUT2D eigenvalue weighted by Gasteiger charge is 2.17. The topological polar surface area (TPSA) is 122 Å². The van der Waals surface area contributed by atoms with Gasteiger partial charge in [0.05, 0.1) is 23.4 Å². The Balaban J connectivity index is 1.53. The molecule has 3 N–H and O–H groups in total. The van der Waals surface area contributed by atoms with Crippen molar-refractivity contribution in [2.24, 2.45) is 0 Å². The Hall–Kier alpha value is -4.44. The average molecular weight is 490 g/mol. The van der Waals surface area contributed by atoms with Gasteiger partial charge in [-0.05, 0) is 42.5 Å². The molecule has 0 atom stereocenters. The monoisotopic (exact) mass is 489 g/mol. The lowest BCUT2D eigenvalue weighted by Crippen LogP contribution is -2.13. The molecule has 0 aliphatic rings. The van der Waals surface area contributed by atoms with Gasteiger partial charge in [-0.15, -0.1) is 0 Å². The normalized spacial score (nSPS) is 10.9. The van der Waals surface area contributed by atoms with E-state index in [9.17, 15) is 13.2 Å². The maximum Gasteiger partial charge on any atom is 0.262 e. The van der Waals surface area contributed by atoms with Crippen molar-refractivity contribution in [3.05, 3.63) is 85.2 Å². The number of nitrogens with zero attached hydrogens (tertiary/aromatic N) is 2. The summed E-state index contributed by atoms with van der Waals surface area (Å²) in [6, 6.07) is 22.2. The van der Waals surface area contributed by atoms with E-state index < -0.39 is 10.0 Å². The quantitative estimate of drug-likeness (QED) is 0.329. The number of amides is 1. The van der Waals surface area contributed by atoms with E-state index in [1.54, 1.807) is 54.6 Å². The molecule has 10 heteroatoms. The van der Waals surface area contributed by atoms with Crippen LogP contribution in [-0.4, -0.2) is 31.4 Å². The number of ether oxygens (including phenoxy) is 1. The molecule has 0 aliphatic carbocycles. The third-order valence-corrected chi connectivity index (χ3v) is 6.30. The van der Waals surface area contributed by atoms with Crippen LogP contribution in [-0.2, 0) is 14.8 Å². The van der Waals surface area contributed by atoms with Gasteiger partial charge in [-0.1, -0.05) is 30.3 Å². The van der Waals surface area contributed by atoms with Gasteiger partial charge in [0.2, 0.25) is 5.91 Å². The first-order valence-electron chi connectivity index (χ1n) is 10.6. The SMILES string of the molecule is COc1ccccc1NS(=O)(=O)c1cccc(Nc2cc(-c3ccc(NC(C)=O)cc3)ncn2)c1. The van der Waals surface area contributed by atoms with Crippen molar-refractivity contribution in [2.45, 2.75) is 11.8 Å². The molecular weight excluding hydrogens is 466 g/mol. The Morgan fingerprint density at radius 2 is 1.66 bits per heavy atom. The van der Waals surface area contributed by atoms with Gasteiger partial charge in [0.15, 0.2) is 0 Å². The van der Waals surface area contributed by atoms with E-state index in [0.717, 1.165) is 5.56 Å². The first-order valence-corrected chi connectivity index (χ1v) is 12.1. The van der Waals surface area contributed by atoms with Gasteiger partial charge in [0.25, 0.3) is 10.0 Å². The predicted molar refractivity (Wildman–Crippen MR) is 135 cm³/mol. The molecule has 9 nitrogen and oxygen atoms in total. The molecule has 0 unspecified atom stereocenters. The van der Waals surface area contributed by atoms with Crippen LogP contribution in [0, 0.1) is 0 Å². The number of benzene rings is 3. The lowest BCUT2D eigenvalue weighted by molar-refractivity contribution is -0.114. The number of carbonyl (C=O) groups excluding carboxylic acids is 1. The third kappa shape index (κ3) is 5.92. The second-order valence-corrected chi connectivity index (χ2v) is 9.19. The molecular formula is C25H23N5O4S. The van der Waals surface area contributed by atoms with Gasteiger partial charge in [0, 0.05) is 29.9 Å². The summed E-state index contributed by atoms with van der Waals surface area (Å²) in [6.07, 6.45) is 1.42. The van der Waals surface area contributed by atoms with Crippen LogP contribution < -0.4 is 20.1 Å². The van der Waals surface area contributed by atoms with Crippen molar-refractivity contribution in [1.82, 2.24) is 9.97 Å². The van der Waals surface area contributed by atoms with Crippen molar-refractivity contribution >= 4 is 38.8 Å². The van der Waals surface area contributed by atoms with Crippen molar-refractivity contribution in [3.63, 3.8) is 0 Å². The number of aromatic nitrogens is 2. The predicted octanol–water partition coefficient (Wildman–Crippen LogP) is 4.66. The number of carbonyl (C=O) groups is 1. The number of nitrogens with one attached hydrogen (secondary N) is 3. The highest BCUT2D eigenvalue weighted by atomic mass is 32.2. The van der Waals surface area contributed by atoms with E-state index in [-0.39, 0.29) is 10.8 Å². The fourth-order valence-corrected chi connectivity index (χ4v) is 4.45. The number of methoxy groups -OCH3 is 1. The van der Waals surface area contributed by atoms with Gasteiger partial charge < -0.3 is 15.4 Å². The summed E-state index contributed by atoms with van der Waals surface area (Å²) in [4.78, 5) is 19.8. The van der Waals surface area contributed by atoms with Gasteiger partial charge in [-0.25, -0.2) is 18.4 Å². The Kier molecular flexibility index (Phi) is 6.93. The van der Waals surface area contributed by atoms with E-state index in [1.165, 1.54) is 32.5 Å². The molecule has 0 bridgehead atoms. The number of para-hydroxylation sites is 2. The molecule has 4 rings (SSSR count). The van der Waals surface area contributed by atoms with Gasteiger partial charge >= 0.3 is 0 Å². The van der Waals surface area contributed by atoms with Gasteiger partial charge in [-0.3, -0.25) is 9.52 Å². The molecule has 0 spiro atoms. The number of anilines is 4. The zero-order valence-corrected chi connectivity index (χ0v) is 19.8. The standard InChI is InChI=1S/C25H23N5O4S/c1-17(31)28-19-12-10-18(11-13-19)23-15-25(27-16-26-23)29-20-6-5-7-21(14-20)35(32,33)30-22-8-3-4-9-24(22)34-2/h3-16,30H,1-2H3,(H,28,31)(H,26,27,29). The molecule has 1 aromatic heterocycles. The van der Waals surface area contributed by atoms with Crippen LogP contribution in [0.25, 0.3) is 11.3 Å². The average Bonchev–Trinajstić information content (AvgIpc) is 2.85. The zero-order valence-electron chi connectivity index (χ0n) is 19.0. The lowest BCUT2D eigenvalue weighted by Gasteiger charge is -2.13. The Labute approximate surface area is 203 Å². The van der Waals surface area contributed by atoms with Crippen LogP contribution in [0.4, 0.5) is 22.9 Å². The summed E-state index contributed by atoms with van der Waals surface area (Å²) in [7, 11) is -2.38. The summed E-state index contributed by atoms with van der Waals surface area (Å²) in [5.41, 5.74) is 3.07. The minimum Gasteiger partial charge on any atom is -0.495 e. The molecule has 35 heavy (non-hydrogen) atoms. The highest BCUT2D eigenvalue weighted by molar-refractivity contribution is 7.92. The third-order valence-electron chi connectivity index (χ3n) is 4.94. The molecule has 1 amide bonds. The number of sulfonamides is 1. The van der Waals surface area contributed by atoms with Crippen LogP contribution in [0.1, 0.15) is 6.92 Å². The van der Waals surface area contributed by atoms with E-state index in [1.807, 2.05) is 12.1 Å². The number of hydrogen-bond acceptors (Lipinski definition) is 7. The van der Waals surface area contributed by atoms with Crippen molar-refractivity contribution in [2.75, 3.05) is 22.5 Å². The molecule has 1 heterocycles. The second kappa shape index (κ2) is 10.2. The molecule has 0 aliphatic heterocycles. The van der Waals surface area contributed by atoms with Crippen LogP contribution in [0.5, 0.6) is 5.75 Å². The van der Waals surface area contributed by atoms with Crippen LogP contribution in [0.3, 0.4) is 0 Å². The Morgan fingerprint density at radius 1 is 0.886 bits per heavy atom. The highest BCUT2D eigenvalue weighted by Crippen LogP contribution is 2.28. The summed E-state index contributed by atoms with van der Waals surface area (Å²) in [5.74, 6) is 0.769. The van der Waals surface area contributed by atoms with E-state index in [2.05, 4.69) is 25.3 Å². The summed E-state index contributed by atoms with van der Waals surface area (Å²) in [5, 5.41) is 5.85. The molecule has 178 valence electrons. The molecule has 0 radical (unpaired) electrons. The minimum atomic E-state index is -3.86. The van der Waals surface area contributed by atoms with Crippen molar-refractivity contribution in [1.29, 1.82) is 0 Å². The summed E-state index contributed by atoms with van der Waals surface area (Å²) >= 11 is 0. The first-order chi connectivity index (χ1) is 16.8. The number of hydrogen-bond donors (Lipinski definition) is 3. The zero-order chi connectivity index (χ0) is 24.8. The van der Waals surface area contributed by atoms with Crippen LogP contribution >= 0.6 is 0 Å². The van der Waals surface area contributed by atoms with Crippen LogP contribution in [0.2, 0.25) is 0 Å². The molecule has 0 saturated heterocycles. The molecule has 4 aromatic rings. The minimum absolute atomic E-state index is 0.0799. The lowest BCUT2D eigenvalue weighted by atomic mass is 10.1. The summed E-state index contributed by atoms with van der Waals surface area (Å²) < 4.78 is 33.7. The Bertz CT molecular complexity index is 1460. The first kappa shape index (κ1) is 23.7. The smallest absolute Gasteiger partial charge is 0.262 e. The van der Waals surface area contributed by atoms with Crippen molar-refractivity contribution in [3.8, 4) is 17.0 Å². The largest absolute Gasteiger partial charge is 0.495 e. The summed E-state index contributed by atoms with van der Waals surface area (Å²) in [6.45, 7) is 1.45. The fraction of sp³-hybridized carbons (Fsp3) is 0.0800. The van der Waals surface area contributed by atoms with Crippen molar-refractivity contribution < 1.29 is 17.9 Å². The maximum absolute atomic E-state index is 13.0.